The van der Waals surface area contributed by atoms with Gasteiger partial charge in [-0.15, -0.1) is 0 Å². The molecule has 0 saturated heterocycles. The Morgan fingerprint density at radius 1 is 0.905 bits per heavy atom. The van der Waals surface area contributed by atoms with Crippen molar-refractivity contribution in [2.45, 2.75) is 38.3 Å². The maximum Gasteiger partial charge on any atom is 0.264 e. The van der Waals surface area contributed by atoms with Gasteiger partial charge in [0.05, 0.1) is 10.6 Å². The second-order valence-electron chi connectivity index (χ2n) is 10.2. The van der Waals surface area contributed by atoms with Gasteiger partial charge in [0.15, 0.2) is 11.5 Å². The van der Waals surface area contributed by atoms with Crippen LogP contribution in [0.4, 0.5) is 5.69 Å². The first kappa shape index (κ1) is 31.5. The molecule has 1 aliphatic rings. The normalized spacial score (nSPS) is 13.4. The summed E-state index contributed by atoms with van der Waals surface area (Å²) in [7, 11) is -4.23. The number of carbonyl (C=O) groups is 2. The number of ether oxygens (including phenoxy) is 2. The van der Waals surface area contributed by atoms with E-state index in [0.717, 1.165) is 4.31 Å². The highest BCUT2D eigenvalue weighted by Crippen LogP contribution is 2.36. The third-order valence-corrected chi connectivity index (χ3v) is 9.16. The molecule has 0 bridgehead atoms. The molecule has 1 atom stereocenters. The molecule has 0 saturated carbocycles. The summed E-state index contributed by atoms with van der Waals surface area (Å²) in [5, 5.41) is 3.48. The third-order valence-electron chi connectivity index (χ3n) is 6.67. The molecule has 4 rings (SSSR count). The molecule has 1 aliphatic heterocycles. The number of hydrogen-bond donors (Lipinski definition) is 1. The number of amides is 2. The van der Waals surface area contributed by atoms with Gasteiger partial charge in [-0.1, -0.05) is 61.3 Å². The molecular weight excluding hydrogens is 601 g/mol. The Kier molecular flexibility index (Phi) is 10.2. The van der Waals surface area contributed by atoms with Gasteiger partial charge in [0.25, 0.3) is 10.0 Å². The Morgan fingerprint density at radius 3 is 2.19 bits per heavy atom. The number of nitrogens with zero attached hydrogens (tertiary/aromatic N) is 2. The van der Waals surface area contributed by atoms with Crippen LogP contribution in [0.3, 0.4) is 0 Å². The highest BCUT2D eigenvalue weighted by molar-refractivity contribution is 7.92. The van der Waals surface area contributed by atoms with Crippen LogP contribution in [-0.2, 0) is 26.2 Å². The number of nitrogens with one attached hydrogen (secondary N) is 1. The van der Waals surface area contributed by atoms with E-state index < -0.39 is 34.4 Å². The number of carbonyl (C=O) groups excluding carboxylic acids is 2. The number of rotatable bonds is 11. The van der Waals surface area contributed by atoms with Crippen LogP contribution in [0.2, 0.25) is 10.0 Å². The Bertz CT molecular complexity index is 1510. The lowest BCUT2D eigenvalue weighted by Crippen LogP contribution is -2.51. The van der Waals surface area contributed by atoms with E-state index in [9.17, 15) is 18.0 Å². The number of hydrogen-bond acceptors (Lipinski definition) is 6. The van der Waals surface area contributed by atoms with E-state index >= 15 is 0 Å². The van der Waals surface area contributed by atoms with Crippen molar-refractivity contribution in [2.75, 3.05) is 30.6 Å². The molecule has 1 N–H and O–H groups in total. The molecule has 224 valence electrons. The van der Waals surface area contributed by atoms with Gasteiger partial charge in [0.2, 0.25) is 11.8 Å². The minimum absolute atomic E-state index is 0.00360. The van der Waals surface area contributed by atoms with Crippen LogP contribution >= 0.6 is 23.2 Å². The quantitative estimate of drug-likeness (QED) is 0.313. The predicted octanol–water partition coefficient (Wildman–Crippen LogP) is 5.15. The molecule has 9 nitrogen and oxygen atoms in total. The fourth-order valence-corrected chi connectivity index (χ4v) is 6.27. The maximum absolute atomic E-state index is 14.1. The zero-order valence-corrected chi connectivity index (χ0v) is 25.9. The number of fused-ring (bicyclic) bond motifs is 1. The SMILES string of the molecule is CC(C)CNC(=O)[C@H](C)N(Cc1c(Cl)cccc1Cl)C(=O)CN(c1ccc2c(c1)OCCO2)S(=O)(=O)c1ccccc1. The molecular formula is C30H33Cl2N3O6S. The van der Waals surface area contributed by atoms with Crippen LogP contribution < -0.4 is 19.1 Å². The molecule has 3 aromatic carbocycles. The van der Waals surface area contributed by atoms with Crippen LogP contribution in [0, 0.1) is 5.92 Å². The van der Waals surface area contributed by atoms with Crippen molar-refractivity contribution in [1.29, 1.82) is 0 Å². The Balaban J connectivity index is 1.74. The molecule has 2 amide bonds. The van der Waals surface area contributed by atoms with Gasteiger partial charge in [0, 0.05) is 34.8 Å². The van der Waals surface area contributed by atoms with Gasteiger partial charge in [-0.05, 0) is 49.2 Å². The van der Waals surface area contributed by atoms with Crippen LogP contribution in [0.1, 0.15) is 26.3 Å². The first-order valence-corrected chi connectivity index (χ1v) is 15.7. The smallest absolute Gasteiger partial charge is 0.264 e. The molecule has 0 radical (unpaired) electrons. The molecule has 0 fully saturated rings. The minimum atomic E-state index is -4.23. The zero-order valence-electron chi connectivity index (χ0n) is 23.5. The number of sulfonamides is 1. The highest BCUT2D eigenvalue weighted by Gasteiger charge is 2.33. The average Bonchev–Trinajstić information content (AvgIpc) is 2.98. The van der Waals surface area contributed by atoms with Crippen molar-refractivity contribution in [2.24, 2.45) is 5.92 Å². The van der Waals surface area contributed by atoms with E-state index in [-0.39, 0.29) is 23.0 Å². The van der Waals surface area contributed by atoms with Crippen molar-refractivity contribution in [3.05, 3.63) is 82.3 Å². The number of benzene rings is 3. The summed E-state index contributed by atoms with van der Waals surface area (Å²) >= 11 is 12.9. The second-order valence-corrected chi connectivity index (χ2v) is 12.9. The Hall–Kier alpha value is -3.47. The number of anilines is 1. The van der Waals surface area contributed by atoms with Gasteiger partial charge >= 0.3 is 0 Å². The van der Waals surface area contributed by atoms with Crippen molar-refractivity contribution >= 4 is 50.7 Å². The summed E-state index contributed by atoms with van der Waals surface area (Å²) in [6.07, 6.45) is 0. The van der Waals surface area contributed by atoms with E-state index in [4.69, 9.17) is 32.7 Å². The van der Waals surface area contributed by atoms with Gasteiger partial charge in [-0.3, -0.25) is 13.9 Å². The van der Waals surface area contributed by atoms with Crippen molar-refractivity contribution in [3.63, 3.8) is 0 Å². The molecule has 1 heterocycles. The largest absolute Gasteiger partial charge is 0.486 e. The molecule has 0 aliphatic carbocycles. The van der Waals surface area contributed by atoms with Crippen LogP contribution in [0.25, 0.3) is 0 Å². The second kappa shape index (κ2) is 13.7. The first-order valence-electron chi connectivity index (χ1n) is 13.5. The van der Waals surface area contributed by atoms with Gasteiger partial charge in [-0.25, -0.2) is 8.42 Å². The lowest BCUT2D eigenvalue weighted by Gasteiger charge is -2.32. The zero-order chi connectivity index (χ0) is 30.4. The molecule has 12 heteroatoms. The van der Waals surface area contributed by atoms with E-state index in [1.54, 1.807) is 55.5 Å². The predicted molar refractivity (Wildman–Crippen MR) is 163 cm³/mol. The van der Waals surface area contributed by atoms with Crippen LogP contribution in [-0.4, -0.2) is 57.5 Å². The minimum Gasteiger partial charge on any atom is -0.486 e. The summed E-state index contributed by atoms with van der Waals surface area (Å²) in [5.74, 6) is -0.00551. The van der Waals surface area contributed by atoms with E-state index in [1.165, 1.54) is 23.1 Å². The Labute approximate surface area is 256 Å². The topological polar surface area (TPSA) is 105 Å². The lowest BCUT2D eigenvalue weighted by atomic mass is 10.1. The summed E-state index contributed by atoms with van der Waals surface area (Å²) < 4.78 is 40.2. The molecule has 0 unspecified atom stereocenters. The van der Waals surface area contributed by atoms with Gasteiger partial charge < -0.3 is 19.7 Å². The van der Waals surface area contributed by atoms with Gasteiger partial charge in [-0.2, -0.15) is 0 Å². The summed E-state index contributed by atoms with van der Waals surface area (Å²) in [6.45, 7) is 5.84. The fraction of sp³-hybridized carbons (Fsp3) is 0.333. The van der Waals surface area contributed by atoms with Crippen LogP contribution in [0.15, 0.2) is 71.6 Å². The number of halogens is 2. The highest BCUT2D eigenvalue weighted by atomic mass is 35.5. The van der Waals surface area contributed by atoms with Crippen molar-refractivity contribution < 1.29 is 27.5 Å². The van der Waals surface area contributed by atoms with E-state index in [2.05, 4.69) is 5.32 Å². The Morgan fingerprint density at radius 2 is 1.55 bits per heavy atom. The average molecular weight is 635 g/mol. The van der Waals surface area contributed by atoms with Crippen molar-refractivity contribution in [3.8, 4) is 11.5 Å². The maximum atomic E-state index is 14.1. The standard InChI is InChI=1S/C30H33Cl2N3O6S/c1-20(2)17-33-30(37)21(3)34(18-24-25(31)10-7-11-26(24)32)29(36)19-35(42(38,39)23-8-5-4-6-9-23)22-12-13-27-28(16-22)41-15-14-40-27/h4-13,16,20-21H,14-15,17-19H2,1-3H3,(H,33,37)/t21-/m0/s1. The molecule has 3 aromatic rings. The monoisotopic (exact) mass is 633 g/mol. The first-order chi connectivity index (χ1) is 20.0. The summed E-state index contributed by atoms with van der Waals surface area (Å²) in [4.78, 5) is 28.5. The molecule has 0 aromatic heterocycles. The summed E-state index contributed by atoms with van der Waals surface area (Å²) in [5.41, 5.74) is 0.638. The van der Waals surface area contributed by atoms with E-state index in [1.807, 2.05) is 13.8 Å². The molecule has 42 heavy (non-hydrogen) atoms. The lowest BCUT2D eigenvalue weighted by molar-refractivity contribution is -0.139. The van der Waals surface area contributed by atoms with Gasteiger partial charge in [0.1, 0.15) is 25.8 Å². The molecule has 0 spiro atoms. The van der Waals surface area contributed by atoms with E-state index in [0.29, 0.717) is 46.9 Å². The van der Waals surface area contributed by atoms with Crippen molar-refractivity contribution in [1.82, 2.24) is 10.2 Å². The fourth-order valence-electron chi connectivity index (χ4n) is 4.32. The summed E-state index contributed by atoms with van der Waals surface area (Å²) in [6, 6.07) is 16.5. The third kappa shape index (κ3) is 7.29. The van der Waals surface area contributed by atoms with Crippen LogP contribution in [0.5, 0.6) is 11.5 Å².